The van der Waals surface area contributed by atoms with Crippen molar-refractivity contribution in [3.05, 3.63) is 62.1 Å². The zero-order valence-electron chi connectivity index (χ0n) is 12.2. The minimum atomic E-state index is -0.222. The van der Waals surface area contributed by atoms with Crippen LogP contribution in [-0.2, 0) is 11.3 Å². The third kappa shape index (κ3) is 5.55. The molecule has 0 saturated heterocycles. The predicted octanol–water partition coefficient (Wildman–Crippen LogP) is 5.37. The maximum Gasteiger partial charge on any atom is 0.238 e. The highest BCUT2D eigenvalue weighted by Gasteiger charge is 2.13. The number of likely N-dealkylation sites (N-methyl/N-ethyl adjacent to an activating group) is 1. The summed E-state index contributed by atoms with van der Waals surface area (Å²) in [5.41, 5.74) is 1.38. The number of halogens is 4. The molecule has 7 heteroatoms. The maximum absolute atomic E-state index is 12.1. The van der Waals surface area contributed by atoms with E-state index in [1.807, 2.05) is 36.2 Å². The fraction of sp³-hybridized carbons (Fsp3) is 0.188. The van der Waals surface area contributed by atoms with Crippen molar-refractivity contribution in [2.24, 2.45) is 0 Å². The second-order valence-electron chi connectivity index (χ2n) is 5.09. The monoisotopic (exact) mass is 390 g/mol. The van der Waals surface area contributed by atoms with Crippen molar-refractivity contribution in [1.82, 2.24) is 4.90 Å². The molecule has 0 unspecified atom stereocenters. The van der Waals surface area contributed by atoms with Crippen molar-refractivity contribution in [1.29, 1.82) is 0 Å². The third-order valence-electron chi connectivity index (χ3n) is 3.03. The lowest BCUT2D eigenvalue weighted by Crippen LogP contribution is -2.30. The summed E-state index contributed by atoms with van der Waals surface area (Å²) in [6, 6.07) is 10.6. The molecule has 0 saturated carbocycles. The van der Waals surface area contributed by atoms with Gasteiger partial charge in [0, 0.05) is 16.6 Å². The van der Waals surface area contributed by atoms with Crippen molar-refractivity contribution >= 4 is 58.0 Å². The van der Waals surface area contributed by atoms with E-state index in [1.54, 1.807) is 0 Å². The number of nitrogens with one attached hydrogen (secondary N) is 1. The average molecular weight is 392 g/mol. The van der Waals surface area contributed by atoms with Crippen LogP contribution in [0.2, 0.25) is 20.1 Å². The van der Waals surface area contributed by atoms with Gasteiger partial charge in [-0.2, -0.15) is 0 Å². The van der Waals surface area contributed by atoms with Gasteiger partial charge in [-0.3, -0.25) is 9.69 Å². The maximum atomic E-state index is 12.1. The molecule has 0 radical (unpaired) electrons. The Hall–Kier alpha value is -0.970. The van der Waals surface area contributed by atoms with Crippen LogP contribution in [0.25, 0.3) is 0 Å². The highest BCUT2D eigenvalue weighted by Crippen LogP contribution is 2.33. The Morgan fingerprint density at radius 1 is 1.04 bits per heavy atom. The number of nitrogens with zero attached hydrogens (tertiary/aromatic N) is 1. The van der Waals surface area contributed by atoms with E-state index >= 15 is 0 Å². The summed E-state index contributed by atoms with van der Waals surface area (Å²) >= 11 is 23.9. The van der Waals surface area contributed by atoms with Crippen LogP contribution in [0.3, 0.4) is 0 Å². The summed E-state index contributed by atoms with van der Waals surface area (Å²) in [4.78, 5) is 14.0. The molecule has 23 heavy (non-hydrogen) atoms. The molecule has 0 aliphatic heterocycles. The molecule has 0 aliphatic rings. The van der Waals surface area contributed by atoms with Crippen molar-refractivity contribution < 1.29 is 4.79 Å². The van der Waals surface area contributed by atoms with E-state index in [1.165, 1.54) is 12.1 Å². The van der Waals surface area contributed by atoms with Gasteiger partial charge >= 0.3 is 0 Å². The topological polar surface area (TPSA) is 32.3 Å². The van der Waals surface area contributed by atoms with Crippen LogP contribution in [0.4, 0.5) is 5.69 Å². The van der Waals surface area contributed by atoms with Crippen LogP contribution in [0.5, 0.6) is 0 Å². The third-order valence-corrected chi connectivity index (χ3v) is 4.08. The number of hydrogen-bond acceptors (Lipinski definition) is 2. The second kappa shape index (κ2) is 8.22. The predicted molar refractivity (Wildman–Crippen MR) is 97.9 cm³/mol. The number of hydrogen-bond donors (Lipinski definition) is 1. The fourth-order valence-electron chi connectivity index (χ4n) is 2.09. The van der Waals surface area contributed by atoms with Gasteiger partial charge in [-0.15, -0.1) is 0 Å². The fourth-order valence-corrected chi connectivity index (χ4v) is 3.21. The van der Waals surface area contributed by atoms with E-state index in [-0.39, 0.29) is 12.5 Å². The van der Waals surface area contributed by atoms with Crippen molar-refractivity contribution in [3.8, 4) is 0 Å². The summed E-state index contributed by atoms with van der Waals surface area (Å²) in [6.45, 7) is 0.776. The Balaban J connectivity index is 1.97. The lowest BCUT2D eigenvalue weighted by atomic mass is 10.2. The van der Waals surface area contributed by atoms with Gasteiger partial charge < -0.3 is 5.32 Å². The molecule has 1 N–H and O–H groups in total. The van der Waals surface area contributed by atoms with Gasteiger partial charge in [0.2, 0.25) is 5.91 Å². The van der Waals surface area contributed by atoms with E-state index in [0.717, 1.165) is 5.56 Å². The van der Waals surface area contributed by atoms with Gasteiger partial charge in [0.05, 0.1) is 22.3 Å². The van der Waals surface area contributed by atoms with Gasteiger partial charge in [-0.25, -0.2) is 0 Å². The summed E-state index contributed by atoms with van der Waals surface area (Å²) in [5, 5.41) is 4.38. The standard InChI is InChI=1S/C16H14Cl4N2O/c1-22(8-10-3-2-4-11(17)5-10)9-15(23)21-16-13(19)6-12(18)7-14(16)20/h2-7H,8-9H2,1H3,(H,21,23). The first kappa shape index (κ1) is 18.4. The summed E-state index contributed by atoms with van der Waals surface area (Å²) in [5.74, 6) is -0.222. The molecule has 1 amide bonds. The summed E-state index contributed by atoms with van der Waals surface area (Å²) < 4.78 is 0. The molecule has 0 aliphatic carbocycles. The summed E-state index contributed by atoms with van der Waals surface area (Å²) in [6.07, 6.45) is 0. The smallest absolute Gasteiger partial charge is 0.238 e. The van der Waals surface area contributed by atoms with Crippen LogP contribution < -0.4 is 5.32 Å². The number of anilines is 1. The molecule has 2 aromatic rings. The molecule has 122 valence electrons. The number of amides is 1. The molecule has 0 spiro atoms. The van der Waals surface area contributed by atoms with E-state index in [0.29, 0.717) is 32.3 Å². The largest absolute Gasteiger partial charge is 0.322 e. The van der Waals surface area contributed by atoms with Crippen LogP contribution in [0.15, 0.2) is 36.4 Å². The Morgan fingerprint density at radius 2 is 1.70 bits per heavy atom. The highest BCUT2D eigenvalue weighted by atomic mass is 35.5. The van der Waals surface area contributed by atoms with Gasteiger partial charge in [0.1, 0.15) is 0 Å². The first-order valence-corrected chi connectivity index (χ1v) is 8.23. The van der Waals surface area contributed by atoms with Gasteiger partial charge in [-0.1, -0.05) is 58.5 Å². The highest BCUT2D eigenvalue weighted by molar-refractivity contribution is 6.42. The number of carbonyl (C=O) groups excluding carboxylic acids is 1. The molecule has 2 aromatic carbocycles. The van der Waals surface area contributed by atoms with Crippen molar-refractivity contribution in [3.63, 3.8) is 0 Å². The zero-order chi connectivity index (χ0) is 17.0. The molecule has 0 aromatic heterocycles. The Bertz CT molecular complexity index is 698. The zero-order valence-corrected chi connectivity index (χ0v) is 15.3. The van der Waals surface area contributed by atoms with Gasteiger partial charge in [0.25, 0.3) is 0 Å². The Labute approximate surface area is 155 Å². The molecule has 2 rings (SSSR count). The first-order chi connectivity index (χ1) is 10.8. The lowest BCUT2D eigenvalue weighted by molar-refractivity contribution is -0.117. The van der Waals surface area contributed by atoms with Gasteiger partial charge in [0.15, 0.2) is 0 Å². The van der Waals surface area contributed by atoms with E-state index in [2.05, 4.69) is 5.32 Å². The minimum absolute atomic E-state index is 0.182. The quantitative estimate of drug-likeness (QED) is 0.742. The van der Waals surface area contributed by atoms with E-state index in [4.69, 9.17) is 46.4 Å². The number of carbonyl (C=O) groups is 1. The van der Waals surface area contributed by atoms with Crippen LogP contribution >= 0.6 is 46.4 Å². The van der Waals surface area contributed by atoms with Crippen LogP contribution in [0.1, 0.15) is 5.56 Å². The van der Waals surface area contributed by atoms with E-state index < -0.39 is 0 Å². The van der Waals surface area contributed by atoms with Crippen LogP contribution in [0, 0.1) is 0 Å². The van der Waals surface area contributed by atoms with Crippen molar-refractivity contribution in [2.75, 3.05) is 18.9 Å². The second-order valence-corrected chi connectivity index (χ2v) is 6.78. The average Bonchev–Trinajstić information content (AvgIpc) is 2.42. The van der Waals surface area contributed by atoms with Gasteiger partial charge in [-0.05, 0) is 36.9 Å². The molecule has 0 fully saturated rings. The van der Waals surface area contributed by atoms with Crippen LogP contribution in [-0.4, -0.2) is 24.4 Å². The van der Waals surface area contributed by atoms with E-state index in [9.17, 15) is 4.79 Å². The molecule has 3 nitrogen and oxygen atoms in total. The Morgan fingerprint density at radius 3 is 2.30 bits per heavy atom. The minimum Gasteiger partial charge on any atom is -0.322 e. The summed E-state index contributed by atoms with van der Waals surface area (Å²) in [7, 11) is 1.84. The molecule has 0 bridgehead atoms. The number of benzene rings is 2. The first-order valence-electron chi connectivity index (χ1n) is 6.72. The molecular weight excluding hydrogens is 378 g/mol. The van der Waals surface area contributed by atoms with Crippen molar-refractivity contribution in [2.45, 2.75) is 6.54 Å². The Kier molecular flexibility index (Phi) is 6.57. The SMILES string of the molecule is CN(CC(=O)Nc1c(Cl)cc(Cl)cc1Cl)Cc1cccc(Cl)c1. The normalized spacial score (nSPS) is 10.9. The lowest BCUT2D eigenvalue weighted by Gasteiger charge is -2.17. The number of rotatable bonds is 5. The molecule has 0 atom stereocenters. The molecule has 0 heterocycles. The molecular formula is C16H14Cl4N2O.